The number of aromatic hydroxyl groups is 1. The van der Waals surface area contributed by atoms with Crippen LogP contribution < -0.4 is 0 Å². The van der Waals surface area contributed by atoms with Crippen LogP contribution in [0.4, 0.5) is 13.2 Å². The lowest BCUT2D eigenvalue weighted by Gasteiger charge is -2.23. The fourth-order valence-corrected chi connectivity index (χ4v) is 1.69. The predicted octanol–water partition coefficient (Wildman–Crippen LogP) is 1.42. The maximum absolute atomic E-state index is 13.0. The Morgan fingerprint density at radius 1 is 1.33 bits per heavy atom. The molecule has 0 spiro atoms. The van der Waals surface area contributed by atoms with E-state index in [4.69, 9.17) is 5.11 Å². The van der Waals surface area contributed by atoms with Crippen molar-refractivity contribution in [3.8, 4) is 5.75 Å². The number of ether oxygens (including phenoxy) is 1. The minimum Gasteiger partial charge on any atom is -0.743 e. The van der Waals surface area contributed by atoms with Gasteiger partial charge in [-0.15, -0.1) is 0 Å². The van der Waals surface area contributed by atoms with E-state index >= 15 is 0 Å². The molecular formula is C11H10F3O6S-. The molecule has 21 heavy (non-hydrogen) atoms. The molecule has 1 unspecified atom stereocenters. The first-order chi connectivity index (χ1) is 9.55. The van der Waals surface area contributed by atoms with Crippen LogP contribution in [0.2, 0.25) is 0 Å². The molecule has 1 N–H and O–H groups in total. The Hall–Kier alpha value is -1.81. The highest BCUT2D eigenvalue weighted by atomic mass is 32.2. The summed E-state index contributed by atoms with van der Waals surface area (Å²) in [6, 6.07) is 4.71. The van der Waals surface area contributed by atoms with Gasteiger partial charge in [-0.3, -0.25) is 0 Å². The van der Waals surface area contributed by atoms with Gasteiger partial charge in [-0.25, -0.2) is 17.6 Å². The monoisotopic (exact) mass is 327 g/mol. The summed E-state index contributed by atoms with van der Waals surface area (Å²) in [7, 11) is -6.14. The smallest absolute Gasteiger partial charge is 0.364 e. The van der Waals surface area contributed by atoms with Crippen molar-refractivity contribution in [2.45, 2.75) is 17.8 Å². The molecule has 1 atom stereocenters. The van der Waals surface area contributed by atoms with E-state index in [0.29, 0.717) is 0 Å². The molecule has 0 fully saturated rings. The van der Waals surface area contributed by atoms with Crippen molar-refractivity contribution in [3.05, 3.63) is 29.8 Å². The van der Waals surface area contributed by atoms with E-state index in [1.807, 2.05) is 0 Å². The van der Waals surface area contributed by atoms with Gasteiger partial charge in [0.25, 0.3) is 0 Å². The average Bonchev–Trinajstić information content (AvgIpc) is 2.37. The zero-order valence-corrected chi connectivity index (χ0v) is 11.1. The summed E-state index contributed by atoms with van der Waals surface area (Å²) in [5.74, 6) is -1.09. The van der Waals surface area contributed by atoms with Gasteiger partial charge < -0.3 is 14.4 Å². The number of halogens is 3. The van der Waals surface area contributed by atoms with Gasteiger partial charge in [0.15, 0.2) is 16.3 Å². The summed E-state index contributed by atoms with van der Waals surface area (Å²) in [6.07, 6.45) is -4.44. The largest absolute Gasteiger partial charge is 0.743 e. The van der Waals surface area contributed by atoms with Crippen LogP contribution in [0.3, 0.4) is 0 Å². The van der Waals surface area contributed by atoms with E-state index in [1.54, 1.807) is 0 Å². The van der Waals surface area contributed by atoms with Crippen molar-refractivity contribution in [2.24, 2.45) is 0 Å². The zero-order chi connectivity index (χ0) is 16.3. The SMILES string of the molecule is O=C(OCCC(F)C(F)(F)S(=O)(=O)[O-])c1ccc(O)cc1. The first-order valence-electron chi connectivity index (χ1n) is 5.49. The topological polar surface area (TPSA) is 104 Å². The fourth-order valence-electron chi connectivity index (χ4n) is 1.26. The number of benzene rings is 1. The molecule has 0 aromatic heterocycles. The lowest BCUT2D eigenvalue weighted by molar-refractivity contribution is -0.0169. The molecule has 1 rings (SSSR count). The second-order valence-corrected chi connectivity index (χ2v) is 5.41. The first-order valence-corrected chi connectivity index (χ1v) is 6.90. The number of phenols is 1. The molecule has 0 heterocycles. The second-order valence-electron chi connectivity index (χ2n) is 3.95. The normalized spacial score (nSPS) is 13.7. The minimum absolute atomic E-state index is 0.0218. The average molecular weight is 327 g/mol. The van der Waals surface area contributed by atoms with Crippen LogP contribution in [0, 0.1) is 0 Å². The van der Waals surface area contributed by atoms with Crippen molar-refractivity contribution < 1.29 is 40.8 Å². The van der Waals surface area contributed by atoms with Gasteiger partial charge >= 0.3 is 11.2 Å². The van der Waals surface area contributed by atoms with Crippen molar-refractivity contribution in [1.82, 2.24) is 0 Å². The molecule has 0 aliphatic carbocycles. The highest BCUT2D eigenvalue weighted by molar-refractivity contribution is 7.86. The molecule has 118 valence electrons. The molecular weight excluding hydrogens is 317 g/mol. The maximum Gasteiger partial charge on any atom is 0.364 e. The summed E-state index contributed by atoms with van der Waals surface area (Å²) in [5, 5.41) is 3.90. The molecule has 1 aromatic carbocycles. The molecule has 0 radical (unpaired) electrons. The number of hydrogen-bond donors (Lipinski definition) is 1. The standard InChI is InChI=1S/C11H11F3O6S/c12-9(11(13,14)21(17,18)19)5-6-20-10(16)7-1-3-8(15)4-2-7/h1-4,9,15H,5-6H2,(H,17,18,19)/p-1. The quantitative estimate of drug-likeness (QED) is 0.626. The number of esters is 1. The molecule has 0 aliphatic rings. The van der Waals surface area contributed by atoms with Crippen LogP contribution in [-0.4, -0.2) is 42.1 Å². The van der Waals surface area contributed by atoms with Crippen molar-refractivity contribution >= 4 is 16.1 Å². The van der Waals surface area contributed by atoms with Gasteiger partial charge in [-0.2, -0.15) is 8.78 Å². The van der Waals surface area contributed by atoms with Crippen LogP contribution in [-0.2, 0) is 14.9 Å². The van der Waals surface area contributed by atoms with E-state index in [-0.39, 0.29) is 11.3 Å². The summed E-state index contributed by atoms with van der Waals surface area (Å²) in [4.78, 5) is 11.4. The van der Waals surface area contributed by atoms with Gasteiger partial charge in [0.1, 0.15) is 5.75 Å². The molecule has 6 nitrogen and oxygen atoms in total. The summed E-state index contributed by atoms with van der Waals surface area (Å²) in [6.45, 7) is -0.841. The van der Waals surface area contributed by atoms with Crippen molar-refractivity contribution in [1.29, 1.82) is 0 Å². The van der Waals surface area contributed by atoms with Gasteiger partial charge in [0.2, 0.25) is 0 Å². The third-order valence-corrected chi connectivity index (χ3v) is 3.33. The number of carbonyl (C=O) groups is 1. The molecule has 1 aromatic rings. The number of phenolic OH excluding ortho intramolecular Hbond substituents is 1. The number of alkyl halides is 3. The molecule has 10 heteroatoms. The Morgan fingerprint density at radius 3 is 2.33 bits per heavy atom. The van der Waals surface area contributed by atoms with E-state index in [1.165, 1.54) is 24.3 Å². The van der Waals surface area contributed by atoms with Gasteiger partial charge in [0, 0.05) is 6.42 Å². The Morgan fingerprint density at radius 2 is 1.86 bits per heavy atom. The Bertz CT molecular complexity index is 599. The van der Waals surface area contributed by atoms with E-state index in [2.05, 4.69) is 4.74 Å². The van der Waals surface area contributed by atoms with Crippen LogP contribution in [0.1, 0.15) is 16.8 Å². The highest BCUT2D eigenvalue weighted by Crippen LogP contribution is 2.29. The summed E-state index contributed by atoms with van der Waals surface area (Å²) < 4.78 is 73.5. The van der Waals surface area contributed by atoms with Crippen LogP contribution in [0.5, 0.6) is 5.75 Å². The number of carbonyl (C=O) groups excluding carboxylic acids is 1. The number of hydrogen-bond acceptors (Lipinski definition) is 6. The minimum atomic E-state index is -6.14. The van der Waals surface area contributed by atoms with Crippen molar-refractivity contribution in [3.63, 3.8) is 0 Å². The first kappa shape index (κ1) is 17.2. The van der Waals surface area contributed by atoms with Crippen LogP contribution >= 0.6 is 0 Å². The van der Waals surface area contributed by atoms with E-state index < -0.39 is 40.5 Å². The van der Waals surface area contributed by atoms with Crippen LogP contribution in [0.25, 0.3) is 0 Å². The van der Waals surface area contributed by atoms with Crippen molar-refractivity contribution in [2.75, 3.05) is 6.61 Å². The van der Waals surface area contributed by atoms with Gasteiger partial charge in [-0.05, 0) is 24.3 Å². The Balaban J connectivity index is 2.54. The zero-order valence-electron chi connectivity index (χ0n) is 10.3. The molecule has 0 bridgehead atoms. The van der Waals surface area contributed by atoms with E-state index in [9.17, 15) is 30.9 Å². The number of rotatable bonds is 6. The lowest BCUT2D eigenvalue weighted by atomic mass is 10.2. The van der Waals surface area contributed by atoms with Gasteiger partial charge in [0.05, 0.1) is 12.2 Å². The third kappa shape index (κ3) is 4.33. The Kier molecular flexibility index (Phi) is 5.18. The fraction of sp³-hybridized carbons (Fsp3) is 0.364. The molecule has 0 saturated carbocycles. The lowest BCUT2D eigenvalue weighted by Crippen LogP contribution is -2.39. The predicted molar refractivity (Wildman–Crippen MR) is 62.5 cm³/mol. The van der Waals surface area contributed by atoms with Gasteiger partial charge in [-0.1, -0.05) is 0 Å². The maximum atomic E-state index is 13.0. The summed E-state index contributed by atoms with van der Waals surface area (Å²) >= 11 is 0. The van der Waals surface area contributed by atoms with Crippen LogP contribution in [0.15, 0.2) is 24.3 Å². The highest BCUT2D eigenvalue weighted by Gasteiger charge is 2.47. The third-order valence-electron chi connectivity index (χ3n) is 2.41. The molecule has 0 saturated heterocycles. The second kappa shape index (κ2) is 6.31. The summed E-state index contributed by atoms with van der Waals surface area (Å²) in [5.41, 5.74) is -0.0218. The molecule has 0 amide bonds. The molecule has 0 aliphatic heterocycles. The Labute approximate surface area is 117 Å². The van der Waals surface area contributed by atoms with E-state index in [0.717, 1.165) is 0 Å².